The van der Waals surface area contributed by atoms with E-state index in [1.807, 2.05) is 4.90 Å². The van der Waals surface area contributed by atoms with E-state index in [-0.39, 0.29) is 9.96 Å². The average Bonchev–Trinajstić information content (AvgIpc) is 3.24. The summed E-state index contributed by atoms with van der Waals surface area (Å²) in [6, 6.07) is 8.52. The number of nitrogens with zero attached hydrogens (tertiary/aromatic N) is 3. The molecule has 1 aliphatic heterocycles. The molecule has 1 aliphatic rings. The standard InChI is InChI=1S/C21H23N3O6S2/c1-29-15-9-14(10-16(11-15)30-2)13-32(27,28)19-12-17-18(31-19)3-4-22-20(17)23-5-7-24(8-6-23)21(25)26/h3-4,9-12H,5-8,13H2,1-2H3,(H,25,26). The summed E-state index contributed by atoms with van der Waals surface area (Å²) in [6.45, 7) is 1.75. The zero-order chi connectivity index (χ0) is 22.9. The smallest absolute Gasteiger partial charge is 0.407 e. The van der Waals surface area contributed by atoms with Gasteiger partial charge in [-0.3, -0.25) is 0 Å². The highest BCUT2D eigenvalue weighted by atomic mass is 32.2. The Bertz CT molecular complexity index is 1230. The number of sulfone groups is 1. The molecule has 170 valence electrons. The number of pyridine rings is 1. The fourth-order valence-electron chi connectivity index (χ4n) is 3.68. The van der Waals surface area contributed by atoms with E-state index in [1.54, 1.807) is 36.5 Å². The normalized spacial score (nSPS) is 14.6. The Morgan fingerprint density at radius 2 is 1.75 bits per heavy atom. The van der Waals surface area contributed by atoms with Gasteiger partial charge in [-0.1, -0.05) is 0 Å². The van der Waals surface area contributed by atoms with Gasteiger partial charge in [-0.05, 0) is 29.8 Å². The number of benzene rings is 1. The van der Waals surface area contributed by atoms with Gasteiger partial charge in [-0.15, -0.1) is 11.3 Å². The van der Waals surface area contributed by atoms with E-state index in [4.69, 9.17) is 14.6 Å². The quantitative estimate of drug-likeness (QED) is 0.577. The summed E-state index contributed by atoms with van der Waals surface area (Å²) in [4.78, 5) is 19.0. The monoisotopic (exact) mass is 477 g/mol. The summed E-state index contributed by atoms with van der Waals surface area (Å²) >= 11 is 1.21. The van der Waals surface area contributed by atoms with E-state index in [1.165, 1.54) is 30.5 Å². The molecule has 2 aromatic heterocycles. The van der Waals surface area contributed by atoms with Gasteiger partial charge in [0.25, 0.3) is 0 Å². The molecule has 1 saturated heterocycles. The molecule has 9 nitrogen and oxygen atoms in total. The van der Waals surface area contributed by atoms with Crippen molar-refractivity contribution in [1.29, 1.82) is 0 Å². The molecule has 0 atom stereocenters. The topological polar surface area (TPSA) is 109 Å². The van der Waals surface area contributed by atoms with Crippen LogP contribution in [0.3, 0.4) is 0 Å². The lowest BCUT2D eigenvalue weighted by Crippen LogP contribution is -2.48. The Hall–Kier alpha value is -3.05. The number of thiophene rings is 1. The van der Waals surface area contributed by atoms with Gasteiger partial charge < -0.3 is 24.4 Å². The van der Waals surface area contributed by atoms with Crippen molar-refractivity contribution >= 4 is 43.2 Å². The van der Waals surface area contributed by atoms with Crippen LogP contribution < -0.4 is 14.4 Å². The predicted molar refractivity (Wildman–Crippen MR) is 122 cm³/mol. The summed E-state index contributed by atoms with van der Waals surface area (Å²) in [6.07, 6.45) is 0.718. The second kappa shape index (κ2) is 8.83. The Kier molecular flexibility index (Phi) is 6.11. The number of ether oxygens (including phenoxy) is 2. The van der Waals surface area contributed by atoms with Crippen LogP contribution in [0.4, 0.5) is 10.6 Å². The number of carbonyl (C=O) groups is 1. The number of rotatable bonds is 6. The number of amides is 1. The molecular weight excluding hydrogens is 454 g/mol. The molecule has 1 aromatic carbocycles. The Labute approximate surface area is 189 Å². The van der Waals surface area contributed by atoms with Gasteiger partial charge in [0.15, 0.2) is 9.84 Å². The third kappa shape index (κ3) is 4.44. The van der Waals surface area contributed by atoms with E-state index >= 15 is 0 Å². The van der Waals surface area contributed by atoms with E-state index < -0.39 is 15.9 Å². The second-order valence-electron chi connectivity index (χ2n) is 7.35. The number of methoxy groups -OCH3 is 2. The zero-order valence-electron chi connectivity index (χ0n) is 17.6. The van der Waals surface area contributed by atoms with Gasteiger partial charge in [-0.2, -0.15) is 0 Å². The molecule has 4 rings (SSSR count). The minimum absolute atomic E-state index is 0.187. The molecule has 1 N–H and O–H groups in total. The molecule has 32 heavy (non-hydrogen) atoms. The van der Waals surface area contributed by atoms with Crippen molar-refractivity contribution in [2.24, 2.45) is 0 Å². The molecule has 3 heterocycles. The van der Waals surface area contributed by atoms with Crippen molar-refractivity contribution < 1.29 is 27.8 Å². The number of piperazine rings is 1. The van der Waals surface area contributed by atoms with Crippen LogP contribution in [0, 0.1) is 0 Å². The van der Waals surface area contributed by atoms with Crippen LogP contribution >= 0.6 is 11.3 Å². The van der Waals surface area contributed by atoms with Gasteiger partial charge >= 0.3 is 6.09 Å². The van der Waals surface area contributed by atoms with Gasteiger partial charge in [0.2, 0.25) is 0 Å². The number of hydrogen-bond donors (Lipinski definition) is 1. The van der Waals surface area contributed by atoms with Crippen LogP contribution in [-0.2, 0) is 15.6 Å². The SMILES string of the molecule is COc1cc(CS(=O)(=O)c2cc3c(N4CCN(C(=O)O)CC4)nccc3s2)cc(OC)c1. The maximum atomic E-state index is 13.2. The fraction of sp³-hybridized carbons (Fsp3) is 0.333. The van der Waals surface area contributed by atoms with Crippen LogP contribution in [-0.4, -0.2) is 69.9 Å². The van der Waals surface area contributed by atoms with Crippen LogP contribution in [0.2, 0.25) is 0 Å². The van der Waals surface area contributed by atoms with Crippen LogP contribution in [0.25, 0.3) is 10.1 Å². The van der Waals surface area contributed by atoms with E-state index in [0.29, 0.717) is 49.1 Å². The first-order valence-electron chi connectivity index (χ1n) is 9.87. The van der Waals surface area contributed by atoms with E-state index in [2.05, 4.69) is 4.98 Å². The molecule has 0 saturated carbocycles. The average molecular weight is 478 g/mol. The number of anilines is 1. The summed E-state index contributed by atoms with van der Waals surface area (Å²) in [7, 11) is -0.582. The lowest BCUT2D eigenvalue weighted by Gasteiger charge is -2.34. The zero-order valence-corrected chi connectivity index (χ0v) is 19.3. The second-order valence-corrected chi connectivity index (χ2v) is 10.6. The molecule has 0 spiro atoms. The summed E-state index contributed by atoms with van der Waals surface area (Å²) in [5, 5.41) is 9.91. The first-order valence-corrected chi connectivity index (χ1v) is 12.3. The van der Waals surface area contributed by atoms with Crippen molar-refractivity contribution in [3.63, 3.8) is 0 Å². The Morgan fingerprint density at radius 3 is 2.34 bits per heavy atom. The summed E-state index contributed by atoms with van der Waals surface area (Å²) in [5.74, 6) is 1.54. The van der Waals surface area contributed by atoms with Gasteiger partial charge in [-0.25, -0.2) is 18.2 Å². The molecular formula is C21H23N3O6S2. The lowest BCUT2D eigenvalue weighted by molar-refractivity contribution is 0.142. The van der Waals surface area contributed by atoms with Crippen molar-refractivity contribution in [1.82, 2.24) is 9.88 Å². The van der Waals surface area contributed by atoms with Crippen molar-refractivity contribution in [3.8, 4) is 11.5 Å². The molecule has 0 bridgehead atoms. The third-order valence-corrected chi connectivity index (χ3v) is 8.68. The Balaban J connectivity index is 1.63. The summed E-state index contributed by atoms with van der Waals surface area (Å²) < 4.78 is 38.0. The largest absolute Gasteiger partial charge is 0.497 e. The van der Waals surface area contributed by atoms with Crippen molar-refractivity contribution in [2.45, 2.75) is 9.96 Å². The molecule has 0 unspecified atom stereocenters. The van der Waals surface area contributed by atoms with Crippen LogP contribution in [0.5, 0.6) is 11.5 Å². The van der Waals surface area contributed by atoms with Crippen molar-refractivity contribution in [3.05, 3.63) is 42.1 Å². The maximum Gasteiger partial charge on any atom is 0.407 e. The van der Waals surface area contributed by atoms with Crippen LogP contribution in [0.1, 0.15) is 5.56 Å². The molecule has 1 fully saturated rings. The van der Waals surface area contributed by atoms with E-state index in [0.717, 1.165) is 10.1 Å². The van der Waals surface area contributed by atoms with Crippen LogP contribution in [0.15, 0.2) is 40.7 Å². The minimum Gasteiger partial charge on any atom is -0.497 e. The summed E-state index contributed by atoms with van der Waals surface area (Å²) in [5.41, 5.74) is 0.571. The number of carboxylic acid groups (broad SMARTS) is 1. The number of hydrogen-bond acceptors (Lipinski definition) is 8. The highest BCUT2D eigenvalue weighted by molar-refractivity contribution is 7.92. The Morgan fingerprint density at radius 1 is 1.09 bits per heavy atom. The molecule has 11 heteroatoms. The minimum atomic E-state index is -3.62. The predicted octanol–water partition coefficient (Wildman–Crippen LogP) is 3.09. The van der Waals surface area contributed by atoms with E-state index in [9.17, 15) is 13.2 Å². The van der Waals surface area contributed by atoms with Gasteiger partial charge in [0.05, 0.1) is 20.0 Å². The van der Waals surface area contributed by atoms with Gasteiger partial charge in [0, 0.05) is 48.5 Å². The third-order valence-electron chi connectivity index (χ3n) is 5.33. The van der Waals surface area contributed by atoms with Crippen molar-refractivity contribution in [2.75, 3.05) is 45.3 Å². The molecule has 0 aliphatic carbocycles. The fourth-order valence-corrected chi connectivity index (χ4v) is 6.46. The lowest BCUT2D eigenvalue weighted by atomic mass is 10.2. The number of aromatic nitrogens is 1. The molecule has 3 aromatic rings. The first kappa shape index (κ1) is 22.2. The highest BCUT2D eigenvalue weighted by Crippen LogP contribution is 2.36. The highest BCUT2D eigenvalue weighted by Gasteiger charge is 2.25. The molecule has 0 radical (unpaired) electrons. The maximum absolute atomic E-state index is 13.2. The first-order chi connectivity index (χ1) is 15.3. The van der Waals surface area contributed by atoms with Gasteiger partial charge in [0.1, 0.15) is 21.5 Å². The molecule has 1 amide bonds. The number of fused-ring (bicyclic) bond motifs is 1.